The van der Waals surface area contributed by atoms with E-state index in [1.165, 1.54) is 13.2 Å². The van der Waals surface area contributed by atoms with Gasteiger partial charge in [-0.1, -0.05) is 6.07 Å². The van der Waals surface area contributed by atoms with Gasteiger partial charge in [0.2, 0.25) is 0 Å². The number of hydrogen-bond acceptors (Lipinski definition) is 3. The molecule has 1 atom stereocenters. The van der Waals surface area contributed by atoms with Crippen LogP contribution in [0.4, 0.5) is 4.39 Å². The van der Waals surface area contributed by atoms with E-state index in [0.29, 0.717) is 5.75 Å². The van der Waals surface area contributed by atoms with Crippen LogP contribution >= 0.6 is 0 Å². The Balaban J connectivity index is 2.79. The van der Waals surface area contributed by atoms with Gasteiger partial charge in [-0.2, -0.15) is 0 Å². The first kappa shape index (κ1) is 10.8. The topological polar surface area (TPSA) is 49.7 Å². The van der Waals surface area contributed by atoms with Crippen LogP contribution in [-0.2, 0) is 6.42 Å². The SMILES string of the molecule is COc1cc(CC(O)CF)ccc1O. The van der Waals surface area contributed by atoms with Gasteiger partial charge >= 0.3 is 0 Å². The lowest BCUT2D eigenvalue weighted by Crippen LogP contribution is -2.12. The number of hydrogen-bond donors (Lipinski definition) is 2. The van der Waals surface area contributed by atoms with E-state index >= 15 is 0 Å². The summed E-state index contributed by atoms with van der Waals surface area (Å²) in [6.07, 6.45) is -0.781. The maximum Gasteiger partial charge on any atom is 0.160 e. The molecule has 14 heavy (non-hydrogen) atoms. The lowest BCUT2D eigenvalue weighted by Gasteiger charge is -2.08. The number of alkyl halides is 1. The first-order valence-electron chi connectivity index (χ1n) is 4.27. The summed E-state index contributed by atoms with van der Waals surface area (Å²) < 4.78 is 16.9. The maximum absolute atomic E-state index is 12.0. The second kappa shape index (κ2) is 4.81. The molecule has 78 valence electrons. The van der Waals surface area contributed by atoms with Crippen molar-refractivity contribution in [1.82, 2.24) is 0 Å². The van der Waals surface area contributed by atoms with Gasteiger partial charge in [0.1, 0.15) is 6.67 Å². The third-order valence-corrected chi connectivity index (χ3v) is 1.89. The van der Waals surface area contributed by atoms with Crippen LogP contribution in [0.15, 0.2) is 18.2 Å². The Bertz CT molecular complexity index is 301. The maximum atomic E-state index is 12.0. The van der Waals surface area contributed by atoms with Gasteiger partial charge in [-0.05, 0) is 17.7 Å². The van der Waals surface area contributed by atoms with E-state index in [2.05, 4.69) is 0 Å². The molecule has 1 unspecified atom stereocenters. The minimum absolute atomic E-state index is 0.0333. The third kappa shape index (κ3) is 2.60. The molecule has 0 bridgehead atoms. The number of ether oxygens (including phenoxy) is 1. The van der Waals surface area contributed by atoms with Crippen molar-refractivity contribution in [2.75, 3.05) is 13.8 Å². The largest absolute Gasteiger partial charge is 0.504 e. The molecule has 1 rings (SSSR count). The van der Waals surface area contributed by atoms with E-state index in [1.807, 2.05) is 0 Å². The molecule has 0 aromatic heterocycles. The lowest BCUT2D eigenvalue weighted by atomic mass is 10.1. The van der Waals surface area contributed by atoms with E-state index in [4.69, 9.17) is 9.84 Å². The van der Waals surface area contributed by atoms with Crippen LogP contribution in [0.25, 0.3) is 0 Å². The minimum atomic E-state index is -0.996. The molecular formula is C10H13FO3. The van der Waals surface area contributed by atoms with Gasteiger partial charge in [0.15, 0.2) is 11.5 Å². The number of rotatable bonds is 4. The highest BCUT2D eigenvalue weighted by Crippen LogP contribution is 2.26. The fourth-order valence-corrected chi connectivity index (χ4v) is 1.18. The molecule has 0 amide bonds. The molecule has 0 fully saturated rings. The zero-order valence-corrected chi connectivity index (χ0v) is 7.90. The lowest BCUT2D eigenvalue weighted by molar-refractivity contribution is 0.140. The Hall–Kier alpha value is -1.29. The second-order valence-corrected chi connectivity index (χ2v) is 3.02. The van der Waals surface area contributed by atoms with Gasteiger partial charge in [-0.3, -0.25) is 0 Å². The summed E-state index contributed by atoms with van der Waals surface area (Å²) in [6, 6.07) is 4.66. The molecule has 0 heterocycles. The second-order valence-electron chi connectivity index (χ2n) is 3.02. The highest BCUT2D eigenvalue weighted by Gasteiger charge is 2.07. The van der Waals surface area contributed by atoms with Crippen LogP contribution in [0, 0.1) is 0 Å². The van der Waals surface area contributed by atoms with Gasteiger partial charge in [-0.15, -0.1) is 0 Å². The van der Waals surface area contributed by atoms with E-state index in [0.717, 1.165) is 5.56 Å². The van der Waals surface area contributed by atoms with E-state index in [1.54, 1.807) is 12.1 Å². The molecule has 2 N–H and O–H groups in total. The monoisotopic (exact) mass is 200 g/mol. The smallest absolute Gasteiger partial charge is 0.160 e. The summed E-state index contributed by atoms with van der Waals surface area (Å²) in [4.78, 5) is 0. The normalized spacial score (nSPS) is 12.5. The molecule has 4 heteroatoms. The number of phenolic OH excluding ortho intramolecular Hbond substituents is 1. The average Bonchev–Trinajstić information content (AvgIpc) is 2.20. The van der Waals surface area contributed by atoms with Crippen molar-refractivity contribution < 1.29 is 19.3 Å². The zero-order valence-electron chi connectivity index (χ0n) is 7.90. The summed E-state index contributed by atoms with van der Waals surface area (Å²) in [7, 11) is 1.43. The Kier molecular flexibility index (Phi) is 3.71. The predicted octanol–water partition coefficient (Wildman–Crippen LogP) is 1.27. The molecule has 0 aliphatic carbocycles. The first-order chi connectivity index (χ1) is 6.67. The Morgan fingerprint density at radius 1 is 1.50 bits per heavy atom. The first-order valence-corrected chi connectivity index (χ1v) is 4.27. The van der Waals surface area contributed by atoms with Gasteiger partial charge in [0.05, 0.1) is 13.2 Å². The number of halogens is 1. The molecule has 0 saturated carbocycles. The van der Waals surface area contributed by atoms with Crippen LogP contribution in [0.5, 0.6) is 11.5 Å². The van der Waals surface area contributed by atoms with Crippen molar-refractivity contribution in [3.8, 4) is 11.5 Å². The van der Waals surface area contributed by atoms with Crippen molar-refractivity contribution >= 4 is 0 Å². The Labute approximate surface area is 81.8 Å². The van der Waals surface area contributed by atoms with E-state index in [9.17, 15) is 9.50 Å². The Morgan fingerprint density at radius 2 is 2.21 bits per heavy atom. The fourth-order valence-electron chi connectivity index (χ4n) is 1.18. The zero-order chi connectivity index (χ0) is 10.6. The van der Waals surface area contributed by atoms with Crippen LogP contribution in [0.1, 0.15) is 5.56 Å². The standard InChI is InChI=1S/C10H13FO3/c1-14-10-5-7(2-3-9(10)13)4-8(12)6-11/h2-3,5,8,12-13H,4,6H2,1H3. The van der Waals surface area contributed by atoms with E-state index < -0.39 is 12.8 Å². The van der Waals surface area contributed by atoms with E-state index in [-0.39, 0.29) is 12.2 Å². The number of aliphatic hydroxyl groups excluding tert-OH is 1. The van der Waals surface area contributed by atoms with Crippen LogP contribution < -0.4 is 4.74 Å². The van der Waals surface area contributed by atoms with Crippen molar-refractivity contribution in [3.05, 3.63) is 23.8 Å². The van der Waals surface area contributed by atoms with Gasteiger partial charge < -0.3 is 14.9 Å². The summed E-state index contributed by atoms with van der Waals surface area (Å²) in [5.41, 5.74) is 0.727. The minimum Gasteiger partial charge on any atom is -0.504 e. The fraction of sp³-hybridized carbons (Fsp3) is 0.400. The van der Waals surface area contributed by atoms with Crippen molar-refractivity contribution in [2.45, 2.75) is 12.5 Å². The van der Waals surface area contributed by atoms with Crippen molar-refractivity contribution in [3.63, 3.8) is 0 Å². The van der Waals surface area contributed by atoms with Crippen LogP contribution in [-0.4, -0.2) is 30.1 Å². The molecule has 0 aliphatic rings. The molecule has 0 spiro atoms. The predicted molar refractivity (Wildman–Crippen MR) is 50.3 cm³/mol. The van der Waals surface area contributed by atoms with Gasteiger partial charge in [0.25, 0.3) is 0 Å². The van der Waals surface area contributed by atoms with Gasteiger partial charge in [-0.25, -0.2) is 4.39 Å². The molecule has 1 aromatic carbocycles. The molecule has 3 nitrogen and oxygen atoms in total. The quantitative estimate of drug-likeness (QED) is 0.769. The van der Waals surface area contributed by atoms with Crippen LogP contribution in [0.2, 0.25) is 0 Å². The highest BCUT2D eigenvalue weighted by atomic mass is 19.1. The average molecular weight is 200 g/mol. The highest BCUT2D eigenvalue weighted by molar-refractivity contribution is 5.41. The molecule has 0 saturated heterocycles. The number of benzene rings is 1. The molecule has 0 aliphatic heterocycles. The molecule has 0 radical (unpaired) electrons. The number of aromatic hydroxyl groups is 1. The molecule has 1 aromatic rings. The van der Waals surface area contributed by atoms with Gasteiger partial charge in [0, 0.05) is 6.42 Å². The number of methoxy groups -OCH3 is 1. The molecular weight excluding hydrogens is 187 g/mol. The summed E-state index contributed by atoms with van der Waals surface area (Å²) >= 11 is 0. The van der Waals surface area contributed by atoms with Crippen molar-refractivity contribution in [2.24, 2.45) is 0 Å². The summed E-state index contributed by atoms with van der Waals surface area (Å²) in [6.45, 7) is -0.775. The number of aliphatic hydroxyl groups is 1. The summed E-state index contributed by atoms with van der Waals surface area (Å²) in [5, 5.41) is 18.3. The van der Waals surface area contributed by atoms with Crippen LogP contribution in [0.3, 0.4) is 0 Å². The third-order valence-electron chi connectivity index (χ3n) is 1.89. The van der Waals surface area contributed by atoms with Crippen molar-refractivity contribution in [1.29, 1.82) is 0 Å². The summed E-state index contributed by atoms with van der Waals surface area (Å²) in [5.74, 6) is 0.361. The Morgan fingerprint density at radius 3 is 2.79 bits per heavy atom. The number of phenols is 1.